The molecule has 0 aliphatic carbocycles. The van der Waals surface area contributed by atoms with Gasteiger partial charge in [-0.2, -0.15) is 0 Å². The summed E-state index contributed by atoms with van der Waals surface area (Å²) in [5, 5.41) is 14.4. The number of carbonyl (C=O) groups is 1. The van der Waals surface area contributed by atoms with Gasteiger partial charge in [0.25, 0.3) is 11.6 Å². The van der Waals surface area contributed by atoms with Gasteiger partial charge in [-0.15, -0.1) is 0 Å². The second-order valence-electron chi connectivity index (χ2n) is 6.72. The van der Waals surface area contributed by atoms with E-state index in [9.17, 15) is 14.9 Å². The van der Waals surface area contributed by atoms with Gasteiger partial charge in [0.2, 0.25) is 0 Å². The molecule has 1 saturated heterocycles. The summed E-state index contributed by atoms with van der Waals surface area (Å²) in [5.74, 6) is 0.395. The molecule has 1 fully saturated rings. The van der Waals surface area contributed by atoms with Crippen LogP contribution in [0.1, 0.15) is 11.1 Å². The quantitative estimate of drug-likeness (QED) is 0.285. The van der Waals surface area contributed by atoms with Crippen molar-refractivity contribution in [3.05, 3.63) is 104 Å². The number of benzene rings is 3. The van der Waals surface area contributed by atoms with Gasteiger partial charge in [-0.05, 0) is 53.2 Å². The van der Waals surface area contributed by atoms with Gasteiger partial charge in [0.05, 0.1) is 9.83 Å². The fraction of sp³-hybridized carbons (Fsp3) is 0.0435. The molecule has 0 saturated carbocycles. The van der Waals surface area contributed by atoms with Gasteiger partial charge in [0.15, 0.2) is 5.17 Å². The highest BCUT2D eigenvalue weighted by Crippen LogP contribution is 2.33. The van der Waals surface area contributed by atoms with Crippen molar-refractivity contribution < 1.29 is 14.5 Å². The van der Waals surface area contributed by atoms with Crippen LogP contribution in [0.25, 0.3) is 6.08 Å². The number of rotatable bonds is 6. The molecule has 160 valence electrons. The molecule has 7 nitrogen and oxygen atoms in total. The molecule has 0 atom stereocenters. The zero-order valence-corrected chi connectivity index (χ0v) is 18.1. The number of amidine groups is 1. The van der Waals surface area contributed by atoms with Crippen molar-refractivity contribution >= 4 is 51.9 Å². The summed E-state index contributed by atoms with van der Waals surface area (Å²) in [6.45, 7) is 0.468. The number of carbonyl (C=O) groups excluding carboxylic acids is 1. The van der Waals surface area contributed by atoms with Gasteiger partial charge in [-0.1, -0.05) is 54.1 Å². The topological polar surface area (TPSA) is 93.8 Å². The lowest BCUT2D eigenvalue weighted by molar-refractivity contribution is -0.384. The summed E-state index contributed by atoms with van der Waals surface area (Å²) in [6, 6.07) is 21.4. The van der Waals surface area contributed by atoms with Crippen LogP contribution in [-0.2, 0) is 11.4 Å². The summed E-state index contributed by atoms with van der Waals surface area (Å²) in [7, 11) is 0. The number of hydrogen-bond acceptors (Lipinski definition) is 6. The largest absolute Gasteiger partial charge is 0.489 e. The number of nitro groups is 1. The van der Waals surface area contributed by atoms with E-state index in [0.29, 0.717) is 11.5 Å². The molecule has 3 aromatic carbocycles. The van der Waals surface area contributed by atoms with Gasteiger partial charge >= 0.3 is 0 Å². The number of aliphatic imine (C=N–C) groups is 1. The second-order valence-corrected chi connectivity index (χ2v) is 8.18. The number of ether oxygens (including phenoxy) is 1. The van der Waals surface area contributed by atoms with Crippen molar-refractivity contribution in [2.24, 2.45) is 4.99 Å². The Hall–Kier alpha value is -3.62. The first-order valence-corrected chi connectivity index (χ1v) is 10.7. The highest BCUT2D eigenvalue weighted by Gasteiger charge is 2.25. The molecule has 3 aromatic rings. The van der Waals surface area contributed by atoms with Gasteiger partial charge in [-0.3, -0.25) is 14.9 Å². The molecule has 0 unspecified atom stereocenters. The molecule has 9 heteroatoms. The van der Waals surface area contributed by atoms with Crippen LogP contribution in [0.3, 0.4) is 0 Å². The lowest BCUT2D eigenvalue weighted by atomic mass is 10.2. The summed E-state index contributed by atoms with van der Waals surface area (Å²) in [5.41, 5.74) is 1.77. The molecule has 0 aromatic heterocycles. The maximum Gasteiger partial charge on any atom is 0.296 e. The van der Waals surface area contributed by atoms with Gasteiger partial charge in [0.1, 0.15) is 18.0 Å². The molecule has 1 heterocycles. The maximum atomic E-state index is 12.3. The van der Waals surface area contributed by atoms with Gasteiger partial charge in [0, 0.05) is 11.1 Å². The third-order valence-electron chi connectivity index (χ3n) is 4.43. The normalized spacial score (nSPS) is 15.7. The molecule has 32 heavy (non-hydrogen) atoms. The maximum absolute atomic E-state index is 12.3. The number of hydrogen-bond donors (Lipinski definition) is 1. The van der Waals surface area contributed by atoms with E-state index >= 15 is 0 Å². The fourth-order valence-corrected chi connectivity index (χ4v) is 3.88. The van der Waals surface area contributed by atoms with Crippen LogP contribution in [0.15, 0.2) is 82.7 Å². The molecule has 0 bridgehead atoms. The predicted octanol–water partition coefficient (Wildman–Crippen LogP) is 5.72. The van der Waals surface area contributed by atoms with Crippen LogP contribution in [0.4, 0.5) is 11.4 Å². The number of halogens is 1. The van der Waals surface area contributed by atoms with E-state index in [1.807, 2.05) is 54.6 Å². The van der Waals surface area contributed by atoms with Crippen molar-refractivity contribution in [1.82, 2.24) is 5.32 Å². The molecule has 0 radical (unpaired) electrons. The van der Waals surface area contributed by atoms with Crippen molar-refractivity contribution in [1.29, 1.82) is 0 Å². The van der Waals surface area contributed by atoms with E-state index in [-0.39, 0.29) is 27.5 Å². The smallest absolute Gasteiger partial charge is 0.296 e. The zero-order chi connectivity index (χ0) is 22.5. The second kappa shape index (κ2) is 9.67. The van der Waals surface area contributed by atoms with Crippen molar-refractivity contribution in [3.63, 3.8) is 0 Å². The number of nitrogens with one attached hydrogen (secondary N) is 1. The van der Waals surface area contributed by atoms with Gasteiger partial charge < -0.3 is 10.1 Å². The van der Waals surface area contributed by atoms with E-state index in [4.69, 9.17) is 16.3 Å². The number of nitro benzene ring substituents is 1. The minimum atomic E-state index is -0.565. The average molecular weight is 466 g/mol. The SMILES string of the molecule is O=C1NC(=Nc2ccc(Cl)cc2[N+](=O)[O-])S/C1=C/c1ccc(OCc2ccccc2)cc1. The van der Waals surface area contributed by atoms with E-state index in [1.54, 1.807) is 6.08 Å². The Bertz CT molecular complexity index is 1230. The molecule has 0 spiro atoms. The highest BCUT2D eigenvalue weighted by atomic mass is 35.5. The minimum absolute atomic E-state index is 0.114. The number of amides is 1. The zero-order valence-electron chi connectivity index (χ0n) is 16.5. The summed E-state index contributed by atoms with van der Waals surface area (Å²) in [4.78, 5) is 27.6. The lowest BCUT2D eigenvalue weighted by Gasteiger charge is -2.06. The Labute approximate surface area is 192 Å². The molecular weight excluding hydrogens is 450 g/mol. The van der Waals surface area contributed by atoms with Crippen LogP contribution in [-0.4, -0.2) is 16.0 Å². The predicted molar refractivity (Wildman–Crippen MR) is 126 cm³/mol. The Morgan fingerprint density at radius 1 is 1.09 bits per heavy atom. The van der Waals surface area contributed by atoms with Crippen LogP contribution in [0.2, 0.25) is 5.02 Å². The number of nitrogens with zero attached hydrogens (tertiary/aromatic N) is 2. The van der Waals surface area contributed by atoms with Crippen LogP contribution in [0, 0.1) is 10.1 Å². The van der Waals surface area contributed by atoms with E-state index in [2.05, 4.69) is 10.3 Å². The lowest BCUT2D eigenvalue weighted by Crippen LogP contribution is -2.19. The highest BCUT2D eigenvalue weighted by molar-refractivity contribution is 8.18. The first-order chi connectivity index (χ1) is 15.5. The van der Waals surface area contributed by atoms with Crippen molar-refractivity contribution in [3.8, 4) is 5.75 Å². The molecule has 1 aliphatic heterocycles. The van der Waals surface area contributed by atoms with Crippen molar-refractivity contribution in [2.45, 2.75) is 6.61 Å². The minimum Gasteiger partial charge on any atom is -0.489 e. The molecule has 1 aliphatic rings. The Balaban J connectivity index is 1.46. The van der Waals surface area contributed by atoms with Crippen LogP contribution >= 0.6 is 23.4 Å². The van der Waals surface area contributed by atoms with Gasteiger partial charge in [-0.25, -0.2) is 4.99 Å². The first kappa shape index (κ1) is 21.6. The fourth-order valence-electron chi connectivity index (χ4n) is 2.88. The van der Waals surface area contributed by atoms with E-state index < -0.39 is 4.92 Å². The Morgan fingerprint density at radius 2 is 1.84 bits per heavy atom. The summed E-state index contributed by atoms with van der Waals surface area (Å²) >= 11 is 6.94. The molecule has 1 amide bonds. The third kappa shape index (κ3) is 5.35. The average Bonchev–Trinajstić information content (AvgIpc) is 3.13. The monoisotopic (exact) mass is 465 g/mol. The Morgan fingerprint density at radius 3 is 2.56 bits per heavy atom. The summed E-state index contributed by atoms with van der Waals surface area (Å²) < 4.78 is 5.77. The standard InChI is InChI=1S/C23H16ClN3O4S/c24-17-8-11-19(20(13-17)27(29)30)25-23-26-22(28)21(32-23)12-15-6-9-18(10-7-15)31-14-16-4-2-1-3-5-16/h1-13H,14H2,(H,25,26,28)/b21-12+. The third-order valence-corrected chi connectivity index (χ3v) is 5.58. The van der Waals surface area contributed by atoms with E-state index in [0.717, 1.165) is 28.6 Å². The van der Waals surface area contributed by atoms with E-state index in [1.165, 1.54) is 18.2 Å². The first-order valence-electron chi connectivity index (χ1n) is 9.48. The van der Waals surface area contributed by atoms with Crippen molar-refractivity contribution in [2.75, 3.05) is 0 Å². The Kier molecular flexibility index (Phi) is 6.53. The molecular formula is C23H16ClN3O4S. The number of thioether (sulfide) groups is 1. The van der Waals surface area contributed by atoms with Crippen LogP contribution in [0.5, 0.6) is 5.75 Å². The molecule has 4 rings (SSSR count). The summed E-state index contributed by atoms with van der Waals surface area (Å²) in [6.07, 6.45) is 1.72. The molecule has 1 N–H and O–H groups in total. The van der Waals surface area contributed by atoms with Crippen LogP contribution < -0.4 is 10.1 Å².